The van der Waals surface area contributed by atoms with E-state index in [1.165, 1.54) is 0 Å². The molecule has 1 saturated heterocycles. The largest absolute Gasteiger partial charge is 0.497 e. The summed E-state index contributed by atoms with van der Waals surface area (Å²) in [4.78, 5) is 13.1. The number of ether oxygens (including phenoxy) is 6. The zero-order valence-electron chi connectivity index (χ0n) is 22.4. The number of hydrogen-bond acceptors (Lipinski definition) is 8. The number of alkyl halides is 3. The van der Waals surface area contributed by atoms with Crippen LogP contribution in [0.1, 0.15) is 28.4 Å². The number of methoxy groups -OCH3 is 1. The maximum atomic E-state index is 13.1. The predicted molar refractivity (Wildman–Crippen MR) is 156 cm³/mol. The Bertz CT molecular complexity index is 1270. The number of carbonyl (C=O) groups excluding carboxylic acids is 1. The zero-order valence-corrected chi connectivity index (χ0v) is 24.6. The average Bonchev–Trinajstić information content (AvgIpc) is 2.97. The predicted octanol–water partition coefficient (Wildman–Crippen LogP) is 6.50. The van der Waals surface area contributed by atoms with Crippen molar-refractivity contribution in [2.75, 3.05) is 7.11 Å². The van der Waals surface area contributed by atoms with E-state index in [0.29, 0.717) is 11.3 Å². The summed E-state index contributed by atoms with van der Waals surface area (Å²) in [6.45, 7) is 1.99. The van der Waals surface area contributed by atoms with Gasteiger partial charge in [-0.25, -0.2) is 4.79 Å². The third kappa shape index (κ3) is 8.58. The number of carbonyl (C=O) groups is 1. The van der Waals surface area contributed by atoms with Crippen molar-refractivity contribution in [3.63, 3.8) is 0 Å². The van der Waals surface area contributed by atoms with Crippen LogP contribution in [0, 0.1) is 5.41 Å². The molecule has 3 aromatic rings. The number of hydrogen-bond donors (Lipinski definition) is 1. The molecule has 1 aliphatic heterocycles. The summed E-state index contributed by atoms with van der Waals surface area (Å²) in [5, 5.41) is 8.15. The second-order valence-corrected chi connectivity index (χ2v) is 11.6. The molecule has 4 rings (SSSR count). The highest BCUT2D eigenvalue weighted by molar-refractivity contribution is 6.76. The fourth-order valence-corrected chi connectivity index (χ4v) is 4.36. The molecular formula is C30H30Cl3NO7. The standard InChI is InChI=1S/C30H30Cl3NO7/c1-19-24(40-27(35)22-11-7-4-8-12-22)25(37-18-21-13-15-23(36-2)16-14-21)26(38-17-20-9-5-3-6-10-20)28(39-19)41-29(34)30(31,32)33/h3-16,19,24-26,28,34H,17-18H2,1-2H3/t19-,24+,25+,26-,28?/m0/s1. The van der Waals surface area contributed by atoms with Crippen LogP contribution in [0.25, 0.3) is 0 Å². The number of nitrogens with one attached hydrogen (secondary N) is 1. The van der Waals surface area contributed by atoms with Crippen LogP contribution in [0.15, 0.2) is 84.9 Å². The number of rotatable bonds is 10. The Morgan fingerprint density at radius 2 is 1.37 bits per heavy atom. The summed E-state index contributed by atoms with van der Waals surface area (Å²) >= 11 is 17.7. The zero-order chi connectivity index (χ0) is 29.4. The Morgan fingerprint density at radius 3 is 1.95 bits per heavy atom. The minimum atomic E-state index is -2.13. The molecule has 218 valence electrons. The lowest BCUT2D eigenvalue weighted by molar-refractivity contribution is -0.294. The molecule has 0 saturated carbocycles. The van der Waals surface area contributed by atoms with Crippen molar-refractivity contribution in [2.24, 2.45) is 0 Å². The summed E-state index contributed by atoms with van der Waals surface area (Å²) < 4.78 is 33.5. The van der Waals surface area contributed by atoms with Crippen LogP contribution in [0.5, 0.6) is 5.75 Å². The van der Waals surface area contributed by atoms with E-state index >= 15 is 0 Å². The van der Waals surface area contributed by atoms with Gasteiger partial charge in [0.05, 0.1) is 32.0 Å². The van der Waals surface area contributed by atoms with Gasteiger partial charge in [-0.05, 0) is 42.3 Å². The van der Waals surface area contributed by atoms with Crippen molar-refractivity contribution >= 4 is 46.7 Å². The van der Waals surface area contributed by atoms with Gasteiger partial charge >= 0.3 is 5.97 Å². The highest BCUT2D eigenvalue weighted by Crippen LogP contribution is 2.34. The summed E-state index contributed by atoms with van der Waals surface area (Å²) in [6, 6.07) is 25.4. The van der Waals surface area contributed by atoms with Crippen molar-refractivity contribution < 1.29 is 33.2 Å². The van der Waals surface area contributed by atoms with Gasteiger partial charge in [0.2, 0.25) is 12.2 Å². The molecule has 3 aromatic carbocycles. The summed E-state index contributed by atoms with van der Waals surface area (Å²) in [7, 11) is 1.59. The van der Waals surface area contributed by atoms with E-state index in [1.54, 1.807) is 44.4 Å². The van der Waals surface area contributed by atoms with Gasteiger partial charge in [0.1, 0.15) is 18.0 Å². The molecule has 0 radical (unpaired) electrons. The van der Waals surface area contributed by atoms with Crippen molar-refractivity contribution in [2.45, 2.75) is 54.6 Å². The van der Waals surface area contributed by atoms with Crippen molar-refractivity contribution in [1.29, 1.82) is 5.41 Å². The van der Waals surface area contributed by atoms with Crippen molar-refractivity contribution in [3.05, 3.63) is 102 Å². The first-order valence-electron chi connectivity index (χ1n) is 12.8. The van der Waals surface area contributed by atoms with Gasteiger partial charge in [0, 0.05) is 0 Å². The normalized spacial score (nSPS) is 22.5. The van der Waals surface area contributed by atoms with E-state index in [1.807, 2.05) is 54.6 Å². The molecule has 1 unspecified atom stereocenters. The van der Waals surface area contributed by atoms with Crippen LogP contribution in [-0.4, -0.2) is 53.5 Å². The fraction of sp³-hybridized carbons (Fsp3) is 0.333. The molecule has 1 N–H and O–H groups in total. The molecule has 0 aliphatic carbocycles. The molecule has 11 heteroatoms. The van der Waals surface area contributed by atoms with Crippen molar-refractivity contribution in [1.82, 2.24) is 0 Å². The first-order valence-corrected chi connectivity index (χ1v) is 13.9. The van der Waals surface area contributed by atoms with Gasteiger partial charge in [-0.15, -0.1) is 0 Å². The number of halogens is 3. The first kappa shape index (κ1) is 31.1. The monoisotopic (exact) mass is 621 g/mol. The topological polar surface area (TPSA) is 96.3 Å². The maximum Gasteiger partial charge on any atom is 0.338 e. The Morgan fingerprint density at radius 1 is 0.805 bits per heavy atom. The minimum absolute atomic E-state index is 0.139. The lowest BCUT2D eigenvalue weighted by Crippen LogP contribution is -2.61. The van der Waals surface area contributed by atoms with Crippen LogP contribution >= 0.6 is 34.8 Å². The Kier molecular flexibility index (Phi) is 10.9. The van der Waals surface area contributed by atoms with Crippen LogP contribution in [0.4, 0.5) is 0 Å². The summed E-state index contributed by atoms with van der Waals surface area (Å²) in [6.07, 6.45) is -4.77. The SMILES string of the molecule is COc1ccc(CO[C@@H]2[C@H](OC(=O)c3ccccc3)[C@H](C)OC(OC(=N)C(Cl)(Cl)Cl)[C@H]2OCc2ccccc2)cc1. The molecular weight excluding hydrogens is 593 g/mol. The minimum Gasteiger partial charge on any atom is -0.497 e. The van der Waals surface area contributed by atoms with E-state index in [2.05, 4.69) is 0 Å². The first-order chi connectivity index (χ1) is 19.7. The van der Waals surface area contributed by atoms with Gasteiger partial charge in [-0.1, -0.05) is 95.5 Å². The van der Waals surface area contributed by atoms with Crippen LogP contribution in [-0.2, 0) is 36.9 Å². The molecule has 0 spiro atoms. The second kappa shape index (κ2) is 14.4. The van der Waals surface area contributed by atoms with E-state index in [-0.39, 0.29) is 13.2 Å². The molecule has 5 atom stereocenters. The highest BCUT2D eigenvalue weighted by Gasteiger charge is 2.50. The van der Waals surface area contributed by atoms with Crippen LogP contribution < -0.4 is 4.74 Å². The van der Waals surface area contributed by atoms with Crippen LogP contribution in [0.2, 0.25) is 0 Å². The molecule has 0 amide bonds. The van der Waals surface area contributed by atoms with E-state index in [9.17, 15) is 4.79 Å². The molecule has 0 aromatic heterocycles. The van der Waals surface area contributed by atoms with Gasteiger partial charge < -0.3 is 28.4 Å². The lowest BCUT2D eigenvalue weighted by Gasteiger charge is -2.44. The maximum absolute atomic E-state index is 13.1. The van der Waals surface area contributed by atoms with E-state index < -0.39 is 46.4 Å². The summed E-state index contributed by atoms with van der Waals surface area (Å²) in [5.41, 5.74) is 2.08. The molecule has 8 nitrogen and oxygen atoms in total. The van der Waals surface area contributed by atoms with Gasteiger partial charge in [-0.3, -0.25) is 5.41 Å². The third-order valence-electron chi connectivity index (χ3n) is 6.36. The third-order valence-corrected chi connectivity index (χ3v) is 6.87. The van der Waals surface area contributed by atoms with Crippen LogP contribution in [0.3, 0.4) is 0 Å². The average molecular weight is 623 g/mol. The van der Waals surface area contributed by atoms with E-state index in [0.717, 1.165) is 11.1 Å². The summed E-state index contributed by atoms with van der Waals surface area (Å²) in [5.74, 6) is -0.508. The number of esters is 1. The lowest BCUT2D eigenvalue weighted by atomic mass is 9.98. The molecule has 41 heavy (non-hydrogen) atoms. The van der Waals surface area contributed by atoms with Gasteiger partial charge in [0.25, 0.3) is 3.79 Å². The quantitative estimate of drug-likeness (QED) is 0.119. The Labute approximate surface area is 253 Å². The van der Waals surface area contributed by atoms with E-state index in [4.69, 9.17) is 68.6 Å². The number of benzene rings is 3. The fourth-order valence-electron chi connectivity index (χ4n) is 4.23. The molecule has 1 heterocycles. The highest BCUT2D eigenvalue weighted by atomic mass is 35.6. The van der Waals surface area contributed by atoms with Gasteiger partial charge in [-0.2, -0.15) is 0 Å². The molecule has 1 aliphatic rings. The second-order valence-electron chi connectivity index (χ2n) is 9.28. The smallest absolute Gasteiger partial charge is 0.338 e. The van der Waals surface area contributed by atoms with Crippen molar-refractivity contribution in [3.8, 4) is 5.75 Å². The Hall–Kier alpha value is -2.85. The molecule has 0 bridgehead atoms. The Balaban J connectivity index is 1.65. The van der Waals surface area contributed by atoms with Gasteiger partial charge in [0.15, 0.2) is 6.10 Å². The molecule has 1 fully saturated rings.